The molecule has 2 rings (SSSR count). The fourth-order valence-electron chi connectivity index (χ4n) is 2.27. The van der Waals surface area contributed by atoms with Gasteiger partial charge < -0.3 is 9.64 Å². The van der Waals surface area contributed by atoms with Crippen molar-refractivity contribution in [1.82, 2.24) is 4.90 Å². The maximum Gasteiger partial charge on any atom is 0.228 e. The van der Waals surface area contributed by atoms with Crippen molar-refractivity contribution < 1.29 is 9.53 Å². The van der Waals surface area contributed by atoms with Gasteiger partial charge in [-0.3, -0.25) is 4.79 Å². The standard InChI is InChI=1S/C11H16N2O2/c12-6-9-2-1-4-13(7-9)11(14)10-3-5-15-8-10/h9-10H,1-5,7-8H2. The number of nitrogens with zero attached hydrogens (tertiary/aromatic N) is 2. The third-order valence-corrected chi connectivity index (χ3v) is 3.19. The highest BCUT2D eigenvalue weighted by Gasteiger charge is 2.30. The molecule has 0 aliphatic carbocycles. The molecule has 4 nitrogen and oxygen atoms in total. The third kappa shape index (κ3) is 2.29. The van der Waals surface area contributed by atoms with Gasteiger partial charge in [-0.05, 0) is 19.3 Å². The zero-order chi connectivity index (χ0) is 10.7. The molecule has 2 aliphatic rings. The lowest BCUT2D eigenvalue weighted by Gasteiger charge is -2.31. The Morgan fingerprint density at radius 2 is 2.33 bits per heavy atom. The smallest absolute Gasteiger partial charge is 0.228 e. The monoisotopic (exact) mass is 208 g/mol. The van der Waals surface area contributed by atoms with E-state index < -0.39 is 0 Å². The number of carbonyl (C=O) groups is 1. The SMILES string of the molecule is N#CC1CCCN(C(=O)C2CCOC2)C1. The average Bonchev–Trinajstić information content (AvgIpc) is 2.81. The van der Waals surface area contributed by atoms with Crippen LogP contribution >= 0.6 is 0 Å². The number of hydrogen-bond donors (Lipinski definition) is 0. The van der Waals surface area contributed by atoms with E-state index in [1.807, 2.05) is 4.90 Å². The van der Waals surface area contributed by atoms with Crippen molar-refractivity contribution in [2.75, 3.05) is 26.3 Å². The van der Waals surface area contributed by atoms with Crippen molar-refractivity contribution in [1.29, 1.82) is 5.26 Å². The summed E-state index contributed by atoms with van der Waals surface area (Å²) in [4.78, 5) is 13.8. The van der Waals surface area contributed by atoms with Crippen LogP contribution in [-0.2, 0) is 9.53 Å². The van der Waals surface area contributed by atoms with Gasteiger partial charge in [-0.1, -0.05) is 0 Å². The van der Waals surface area contributed by atoms with E-state index in [0.29, 0.717) is 19.8 Å². The first-order valence-corrected chi connectivity index (χ1v) is 5.57. The molecule has 0 N–H and O–H groups in total. The number of carbonyl (C=O) groups excluding carboxylic acids is 1. The quantitative estimate of drug-likeness (QED) is 0.640. The molecule has 82 valence electrons. The molecule has 1 amide bonds. The summed E-state index contributed by atoms with van der Waals surface area (Å²) >= 11 is 0. The minimum Gasteiger partial charge on any atom is -0.381 e. The summed E-state index contributed by atoms with van der Waals surface area (Å²) < 4.78 is 5.21. The van der Waals surface area contributed by atoms with Gasteiger partial charge in [0.2, 0.25) is 5.91 Å². The lowest BCUT2D eigenvalue weighted by Crippen LogP contribution is -2.42. The van der Waals surface area contributed by atoms with Crippen molar-refractivity contribution in [3.05, 3.63) is 0 Å². The van der Waals surface area contributed by atoms with Gasteiger partial charge in [0.15, 0.2) is 0 Å². The van der Waals surface area contributed by atoms with Crippen LogP contribution in [-0.4, -0.2) is 37.1 Å². The van der Waals surface area contributed by atoms with Crippen LogP contribution < -0.4 is 0 Å². The predicted octanol–water partition coefficient (Wildman–Crippen LogP) is 0.785. The Hall–Kier alpha value is -1.08. The lowest BCUT2D eigenvalue weighted by molar-refractivity contribution is -0.136. The molecule has 0 aromatic rings. The summed E-state index contributed by atoms with van der Waals surface area (Å²) in [5.74, 6) is 0.264. The number of nitriles is 1. The Labute approximate surface area is 89.8 Å². The van der Waals surface area contributed by atoms with E-state index in [-0.39, 0.29) is 17.7 Å². The van der Waals surface area contributed by atoms with Crippen molar-refractivity contribution in [2.24, 2.45) is 11.8 Å². The topological polar surface area (TPSA) is 53.3 Å². The fourth-order valence-corrected chi connectivity index (χ4v) is 2.27. The molecule has 2 atom stereocenters. The van der Waals surface area contributed by atoms with Gasteiger partial charge >= 0.3 is 0 Å². The molecule has 2 unspecified atom stereocenters. The maximum absolute atomic E-state index is 12.0. The molecule has 0 aromatic heterocycles. The van der Waals surface area contributed by atoms with Crippen molar-refractivity contribution in [3.63, 3.8) is 0 Å². The number of amides is 1. The van der Waals surface area contributed by atoms with Crippen LogP contribution in [0.4, 0.5) is 0 Å². The van der Waals surface area contributed by atoms with Crippen molar-refractivity contribution >= 4 is 5.91 Å². The van der Waals surface area contributed by atoms with Crippen molar-refractivity contribution in [2.45, 2.75) is 19.3 Å². The normalized spacial score (nSPS) is 31.3. The van der Waals surface area contributed by atoms with E-state index in [9.17, 15) is 4.79 Å². The second-order valence-electron chi connectivity index (χ2n) is 4.31. The Morgan fingerprint density at radius 3 is 3.00 bits per heavy atom. The van der Waals surface area contributed by atoms with Gasteiger partial charge in [0, 0.05) is 19.7 Å². The zero-order valence-corrected chi connectivity index (χ0v) is 8.82. The predicted molar refractivity (Wildman–Crippen MR) is 53.8 cm³/mol. The Bertz CT molecular complexity index is 279. The summed E-state index contributed by atoms with van der Waals surface area (Å²) in [5.41, 5.74) is 0. The molecule has 0 saturated carbocycles. The van der Waals surface area contributed by atoms with Gasteiger partial charge in [0.05, 0.1) is 24.5 Å². The second-order valence-corrected chi connectivity index (χ2v) is 4.31. The molecule has 0 spiro atoms. The molecule has 2 heterocycles. The summed E-state index contributed by atoms with van der Waals surface area (Å²) in [6, 6.07) is 2.25. The third-order valence-electron chi connectivity index (χ3n) is 3.19. The van der Waals surface area contributed by atoms with E-state index >= 15 is 0 Å². The minimum atomic E-state index is 0.0324. The van der Waals surface area contributed by atoms with Crippen LogP contribution in [0.15, 0.2) is 0 Å². The highest BCUT2D eigenvalue weighted by molar-refractivity contribution is 5.79. The van der Waals surface area contributed by atoms with Crippen LogP contribution in [0.2, 0.25) is 0 Å². The van der Waals surface area contributed by atoms with Crippen LogP contribution in [0.3, 0.4) is 0 Å². The van der Waals surface area contributed by atoms with Crippen molar-refractivity contribution in [3.8, 4) is 6.07 Å². The molecule has 2 saturated heterocycles. The molecular formula is C11H16N2O2. The summed E-state index contributed by atoms with van der Waals surface area (Å²) in [7, 11) is 0. The molecule has 15 heavy (non-hydrogen) atoms. The van der Waals surface area contributed by atoms with Gasteiger partial charge in [0.25, 0.3) is 0 Å². The van der Waals surface area contributed by atoms with E-state index in [1.54, 1.807) is 0 Å². The first kappa shape index (κ1) is 10.4. The Kier molecular flexibility index (Phi) is 3.22. The molecule has 0 aromatic carbocycles. The van der Waals surface area contributed by atoms with E-state index in [0.717, 1.165) is 25.8 Å². The second kappa shape index (κ2) is 4.63. The summed E-state index contributed by atoms with van der Waals surface area (Å²) in [6.45, 7) is 2.69. The molecule has 0 bridgehead atoms. The fraction of sp³-hybridized carbons (Fsp3) is 0.818. The van der Waals surface area contributed by atoms with Gasteiger partial charge in [-0.25, -0.2) is 0 Å². The first-order chi connectivity index (χ1) is 7.31. The number of ether oxygens (including phenoxy) is 1. The van der Waals surface area contributed by atoms with Gasteiger partial charge in [-0.2, -0.15) is 5.26 Å². The lowest BCUT2D eigenvalue weighted by atomic mass is 9.97. The number of likely N-dealkylation sites (tertiary alicyclic amines) is 1. The number of hydrogen-bond acceptors (Lipinski definition) is 3. The van der Waals surface area contributed by atoms with E-state index in [1.165, 1.54) is 0 Å². The summed E-state index contributed by atoms with van der Waals surface area (Å²) in [5, 5.41) is 8.84. The molecule has 0 radical (unpaired) electrons. The minimum absolute atomic E-state index is 0.0324. The van der Waals surface area contributed by atoms with Crippen LogP contribution in [0, 0.1) is 23.2 Å². The number of rotatable bonds is 1. The Morgan fingerprint density at radius 1 is 1.47 bits per heavy atom. The molecule has 2 aliphatic heterocycles. The highest BCUT2D eigenvalue weighted by Crippen LogP contribution is 2.21. The molecule has 4 heteroatoms. The largest absolute Gasteiger partial charge is 0.381 e. The summed E-state index contributed by atoms with van der Waals surface area (Å²) in [6.07, 6.45) is 2.73. The highest BCUT2D eigenvalue weighted by atomic mass is 16.5. The van der Waals surface area contributed by atoms with Gasteiger partial charge in [-0.15, -0.1) is 0 Å². The van der Waals surface area contributed by atoms with Crippen LogP contribution in [0.25, 0.3) is 0 Å². The molecular weight excluding hydrogens is 192 g/mol. The van der Waals surface area contributed by atoms with Crippen LogP contribution in [0.1, 0.15) is 19.3 Å². The Balaban J connectivity index is 1.92. The zero-order valence-electron chi connectivity index (χ0n) is 8.82. The van der Waals surface area contributed by atoms with E-state index in [2.05, 4.69) is 6.07 Å². The first-order valence-electron chi connectivity index (χ1n) is 5.57. The van der Waals surface area contributed by atoms with Gasteiger partial charge in [0.1, 0.15) is 0 Å². The maximum atomic E-state index is 12.0. The van der Waals surface area contributed by atoms with E-state index in [4.69, 9.17) is 10.00 Å². The number of piperidine rings is 1. The van der Waals surface area contributed by atoms with Crippen LogP contribution in [0.5, 0.6) is 0 Å². The average molecular weight is 208 g/mol. The molecule has 2 fully saturated rings.